The highest BCUT2D eigenvalue weighted by Crippen LogP contribution is 2.36. The third-order valence-corrected chi connectivity index (χ3v) is 5.79. The van der Waals surface area contributed by atoms with Gasteiger partial charge in [0.15, 0.2) is 0 Å². The van der Waals surface area contributed by atoms with E-state index < -0.39 is 24.3 Å². The Labute approximate surface area is 219 Å². The van der Waals surface area contributed by atoms with Gasteiger partial charge in [0.25, 0.3) is 0 Å². The lowest BCUT2D eigenvalue weighted by atomic mass is 9.91. The average Bonchev–Trinajstić information content (AvgIpc) is 3.57. The van der Waals surface area contributed by atoms with Crippen molar-refractivity contribution >= 4 is 11.9 Å². The summed E-state index contributed by atoms with van der Waals surface area (Å²) in [6.45, 7) is 7.71. The Morgan fingerprint density at radius 2 is 1.74 bits per heavy atom. The van der Waals surface area contributed by atoms with Crippen LogP contribution in [0.2, 0.25) is 0 Å². The van der Waals surface area contributed by atoms with Gasteiger partial charge in [0.1, 0.15) is 0 Å². The molecule has 0 radical (unpaired) electrons. The minimum atomic E-state index is -5.08. The first kappa shape index (κ1) is 31.8. The molecule has 2 aliphatic rings. The van der Waals surface area contributed by atoms with Crippen LogP contribution in [0.1, 0.15) is 18.9 Å². The van der Waals surface area contributed by atoms with Gasteiger partial charge in [-0.3, -0.25) is 9.58 Å². The lowest BCUT2D eigenvalue weighted by molar-refractivity contribution is -0.193. The third-order valence-electron chi connectivity index (χ3n) is 5.79. The molecule has 39 heavy (non-hydrogen) atoms. The van der Waals surface area contributed by atoms with E-state index in [2.05, 4.69) is 28.1 Å². The average molecular weight is 570 g/mol. The van der Waals surface area contributed by atoms with Crippen LogP contribution in [0.4, 0.5) is 26.3 Å². The van der Waals surface area contributed by atoms with Crippen LogP contribution in [0.5, 0.6) is 5.88 Å². The molecule has 2 saturated heterocycles. The standard InChI is InChI=1S/C19H26N4O2.2C2HF3O2/c1-2-23-11-15(9-21-23)10-22-12-17-16(14-25-18(17)13-22)6-8-24-19-5-3-4-7-20-19;2*3-2(4,5)1(6)7/h3-5,7,9,11,16-18H,2,6,8,10,12-14H2,1H3;2*(H,6,7)/t16-,17-,18-;;/m0../s1. The maximum absolute atomic E-state index is 10.6. The predicted octanol–water partition coefficient (Wildman–Crippen LogP) is 3.48. The van der Waals surface area contributed by atoms with Gasteiger partial charge in [-0.25, -0.2) is 14.6 Å². The molecule has 0 unspecified atom stereocenters. The lowest BCUT2D eigenvalue weighted by Crippen LogP contribution is -2.24. The highest BCUT2D eigenvalue weighted by molar-refractivity contribution is 5.73. The van der Waals surface area contributed by atoms with Crippen molar-refractivity contribution in [3.8, 4) is 5.88 Å². The monoisotopic (exact) mass is 570 g/mol. The van der Waals surface area contributed by atoms with Gasteiger partial charge in [0.2, 0.25) is 5.88 Å². The number of aliphatic carboxylic acids is 2. The van der Waals surface area contributed by atoms with E-state index in [4.69, 9.17) is 29.3 Å². The fourth-order valence-electron chi connectivity index (χ4n) is 3.97. The maximum Gasteiger partial charge on any atom is 0.490 e. The number of carboxylic acids is 2. The van der Waals surface area contributed by atoms with Crippen LogP contribution in [0.15, 0.2) is 36.8 Å². The Hall–Kier alpha value is -3.40. The molecule has 2 fully saturated rings. The molecule has 0 bridgehead atoms. The van der Waals surface area contributed by atoms with Crippen molar-refractivity contribution in [2.45, 2.75) is 44.9 Å². The van der Waals surface area contributed by atoms with Gasteiger partial charge in [0.05, 0.1) is 25.5 Å². The lowest BCUT2D eigenvalue weighted by Gasteiger charge is -2.19. The predicted molar refractivity (Wildman–Crippen MR) is 122 cm³/mol. The Morgan fingerprint density at radius 1 is 1.10 bits per heavy atom. The summed E-state index contributed by atoms with van der Waals surface area (Å²) in [5.41, 5.74) is 1.29. The molecule has 4 rings (SSSR count). The van der Waals surface area contributed by atoms with E-state index in [0.717, 1.165) is 39.2 Å². The summed E-state index contributed by atoms with van der Waals surface area (Å²) < 4.78 is 77.3. The fourth-order valence-corrected chi connectivity index (χ4v) is 3.97. The summed E-state index contributed by atoms with van der Waals surface area (Å²) in [5, 5.41) is 18.6. The number of nitrogens with zero attached hydrogens (tertiary/aromatic N) is 4. The van der Waals surface area contributed by atoms with Gasteiger partial charge in [-0.1, -0.05) is 6.07 Å². The van der Waals surface area contributed by atoms with E-state index in [0.29, 0.717) is 30.4 Å². The number of aryl methyl sites for hydroxylation is 1. The smallest absolute Gasteiger partial charge is 0.478 e. The van der Waals surface area contributed by atoms with Crippen molar-refractivity contribution in [2.75, 3.05) is 26.3 Å². The number of ether oxygens (including phenoxy) is 2. The van der Waals surface area contributed by atoms with Crippen LogP contribution in [0, 0.1) is 11.8 Å². The van der Waals surface area contributed by atoms with Crippen LogP contribution < -0.4 is 4.74 Å². The Bertz CT molecular complexity index is 1030. The van der Waals surface area contributed by atoms with Crippen LogP contribution in [-0.2, 0) is 27.4 Å². The van der Waals surface area contributed by atoms with E-state index in [-0.39, 0.29) is 0 Å². The summed E-state index contributed by atoms with van der Waals surface area (Å²) in [4.78, 5) is 24.5. The number of hydrogen-bond acceptors (Lipinski definition) is 7. The number of hydrogen-bond donors (Lipinski definition) is 2. The Balaban J connectivity index is 0.000000317. The first-order chi connectivity index (χ1) is 18.2. The number of halogens is 6. The van der Waals surface area contributed by atoms with Gasteiger partial charge >= 0.3 is 24.3 Å². The quantitative estimate of drug-likeness (QED) is 0.481. The molecule has 16 heteroatoms. The number of carboxylic acid groups (broad SMARTS) is 2. The second-order valence-corrected chi connectivity index (χ2v) is 8.61. The summed E-state index contributed by atoms with van der Waals surface area (Å²) in [7, 11) is 0. The second kappa shape index (κ2) is 14.1. The Morgan fingerprint density at radius 3 is 2.26 bits per heavy atom. The molecule has 0 spiro atoms. The van der Waals surface area contributed by atoms with Gasteiger partial charge in [-0.2, -0.15) is 31.4 Å². The summed E-state index contributed by atoms with van der Waals surface area (Å²) in [6.07, 6.45) is -2.87. The second-order valence-electron chi connectivity index (χ2n) is 8.61. The number of likely N-dealkylation sites (tertiary alicyclic amines) is 1. The molecule has 0 amide bonds. The van der Waals surface area contributed by atoms with Crippen LogP contribution in [-0.4, -0.2) is 86.6 Å². The molecule has 0 aliphatic carbocycles. The van der Waals surface area contributed by atoms with Crippen LogP contribution >= 0.6 is 0 Å². The molecule has 2 aromatic heterocycles. The van der Waals surface area contributed by atoms with Crippen LogP contribution in [0.3, 0.4) is 0 Å². The van der Waals surface area contributed by atoms with Crippen molar-refractivity contribution in [3.63, 3.8) is 0 Å². The van der Waals surface area contributed by atoms with Crippen molar-refractivity contribution in [1.82, 2.24) is 19.7 Å². The zero-order valence-corrected chi connectivity index (χ0v) is 20.7. The first-order valence-electron chi connectivity index (χ1n) is 11.7. The maximum atomic E-state index is 10.6. The van der Waals surface area contributed by atoms with Crippen LogP contribution in [0.25, 0.3) is 0 Å². The Kier molecular flexibility index (Phi) is 11.5. The SMILES string of the molecule is CCn1cc(CN2C[C@H]3[C@@H](CCOc4ccccn4)CO[C@H]3C2)cn1.O=C(O)C(F)(F)F.O=C(O)C(F)(F)F. The highest BCUT2D eigenvalue weighted by atomic mass is 19.4. The summed E-state index contributed by atoms with van der Waals surface area (Å²) in [6, 6.07) is 5.76. The van der Waals surface area contributed by atoms with Crippen molar-refractivity contribution in [2.24, 2.45) is 11.8 Å². The zero-order valence-electron chi connectivity index (χ0n) is 20.7. The zero-order chi connectivity index (χ0) is 29.2. The van der Waals surface area contributed by atoms with Gasteiger partial charge in [-0.15, -0.1) is 0 Å². The summed E-state index contributed by atoms with van der Waals surface area (Å²) >= 11 is 0. The topological polar surface area (TPSA) is 127 Å². The molecule has 0 saturated carbocycles. The number of alkyl halides is 6. The molecular weight excluding hydrogens is 542 g/mol. The largest absolute Gasteiger partial charge is 0.490 e. The molecule has 4 heterocycles. The molecule has 3 atom stereocenters. The van der Waals surface area contributed by atoms with Gasteiger partial charge < -0.3 is 19.7 Å². The van der Waals surface area contributed by atoms with Gasteiger partial charge in [-0.05, 0) is 25.3 Å². The van der Waals surface area contributed by atoms with E-state index in [1.165, 1.54) is 5.56 Å². The molecule has 10 nitrogen and oxygen atoms in total. The first-order valence-corrected chi connectivity index (χ1v) is 11.7. The molecule has 218 valence electrons. The van der Waals surface area contributed by atoms with Crippen molar-refractivity contribution in [3.05, 3.63) is 42.4 Å². The highest BCUT2D eigenvalue weighted by Gasteiger charge is 2.43. The van der Waals surface area contributed by atoms with Crippen molar-refractivity contribution in [1.29, 1.82) is 0 Å². The normalized spacial score (nSPS) is 20.7. The van der Waals surface area contributed by atoms with E-state index in [1.807, 2.05) is 29.1 Å². The number of pyridine rings is 1. The van der Waals surface area contributed by atoms with E-state index >= 15 is 0 Å². The number of aromatic nitrogens is 3. The van der Waals surface area contributed by atoms with Crippen molar-refractivity contribution < 1.29 is 55.6 Å². The number of rotatable bonds is 7. The van der Waals surface area contributed by atoms with Gasteiger partial charge in [0, 0.05) is 56.1 Å². The number of carbonyl (C=O) groups is 2. The molecule has 2 N–H and O–H groups in total. The van der Waals surface area contributed by atoms with E-state index in [9.17, 15) is 26.3 Å². The molecular formula is C23H28F6N4O6. The number of fused-ring (bicyclic) bond motifs is 1. The molecule has 2 aliphatic heterocycles. The molecule has 2 aromatic rings. The summed E-state index contributed by atoms with van der Waals surface area (Å²) in [5.74, 6) is -3.61. The van der Waals surface area contributed by atoms with E-state index in [1.54, 1.807) is 6.20 Å². The minimum Gasteiger partial charge on any atom is -0.478 e. The third kappa shape index (κ3) is 10.7. The fraction of sp³-hybridized carbons (Fsp3) is 0.565. The molecule has 0 aromatic carbocycles. The minimum absolute atomic E-state index is 0.376.